The molecule has 2 heteroatoms. The zero-order valence-electron chi connectivity index (χ0n) is 10.3. The number of nitrogens with zero attached hydrogens (tertiary/aromatic N) is 1. The normalized spacial score (nSPS) is 17.6. The van der Waals surface area contributed by atoms with Crippen molar-refractivity contribution in [1.29, 1.82) is 0 Å². The molecule has 1 unspecified atom stereocenters. The van der Waals surface area contributed by atoms with Gasteiger partial charge in [0.2, 0.25) is 5.91 Å². The highest BCUT2D eigenvalue weighted by Crippen LogP contribution is 2.39. The lowest BCUT2D eigenvalue weighted by Gasteiger charge is -2.15. The van der Waals surface area contributed by atoms with Gasteiger partial charge in [-0.3, -0.25) is 4.79 Å². The summed E-state index contributed by atoms with van der Waals surface area (Å²) in [5.41, 5.74) is 3.58. The van der Waals surface area contributed by atoms with E-state index < -0.39 is 0 Å². The molecule has 0 saturated carbocycles. The Hall–Kier alpha value is -2.09. The van der Waals surface area contributed by atoms with E-state index in [2.05, 4.69) is 18.2 Å². The van der Waals surface area contributed by atoms with Crippen LogP contribution in [0.1, 0.15) is 24.0 Å². The van der Waals surface area contributed by atoms with E-state index in [4.69, 9.17) is 0 Å². The molecule has 18 heavy (non-hydrogen) atoms. The van der Waals surface area contributed by atoms with E-state index in [-0.39, 0.29) is 5.91 Å². The molecule has 0 fully saturated rings. The predicted octanol–water partition coefficient (Wildman–Crippen LogP) is 3.19. The molecule has 1 amide bonds. The molecule has 0 bridgehead atoms. The Morgan fingerprint density at radius 2 is 1.72 bits per heavy atom. The molecule has 0 N–H and O–H groups in total. The van der Waals surface area contributed by atoms with Gasteiger partial charge >= 0.3 is 0 Å². The first kappa shape index (κ1) is 11.0. The molecule has 2 aromatic carbocycles. The zero-order valence-corrected chi connectivity index (χ0v) is 10.3. The van der Waals surface area contributed by atoms with Gasteiger partial charge in [-0.2, -0.15) is 0 Å². The largest absolute Gasteiger partial charge is 0.311 e. The van der Waals surface area contributed by atoms with E-state index >= 15 is 0 Å². The molecule has 2 aromatic rings. The first-order valence-electron chi connectivity index (χ1n) is 6.19. The molecule has 3 rings (SSSR count). The van der Waals surface area contributed by atoms with Gasteiger partial charge in [-0.25, -0.2) is 0 Å². The van der Waals surface area contributed by atoms with E-state index in [1.165, 1.54) is 11.1 Å². The lowest BCUT2D eigenvalue weighted by molar-refractivity contribution is -0.116. The van der Waals surface area contributed by atoms with Crippen molar-refractivity contribution in [2.75, 3.05) is 11.4 Å². The Labute approximate surface area is 107 Å². The number of anilines is 1. The third kappa shape index (κ3) is 1.70. The number of benzene rings is 2. The summed E-state index contributed by atoms with van der Waals surface area (Å²) in [5.74, 6) is 0.409. The van der Waals surface area contributed by atoms with Crippen molar-refractivity contribution in [1.82, 2.24) is 0 Å². The van der Waals surface area contributed by atoms with Crippen LogP contribution in [0.2, 0.25) is 0 Å². The van der Waals surface area contributed by atoms with E-state index in [0.29, 0.717) is 5.92 Å². The van der Waals surface area contributed by atoms with Crippen LogP contribution in [0, 0.1) is 0 Å². The van der Waals surface area contributed by atoms with Crippen molar-refractivity contribution < 1.29 is 4.79 Å². The lowest BCUT2D eigenvalue weighted by atomic mass is 9.93. The average Bonchev–Trinajstić information content (AvgIpc) is 2.79. The second kappa shape index (κ2) is 4.30. The second-order valence-electron chi connectivity index (χ2n) is 4.65. The van der Waals surface area contributed by atoms with Crippen LogP contribution >= 0.6 is 0 Å². The van der Waals surface area contributed by atoms with Gasteiger partial charge in [-0.05, 0) is 17.2 Å². The Morgan fingerprint density at radius 3 is 2.44 bits per heavy atom. The van der Waals surface area contributed by atoms with Gasteiger partial charge in [0.05, 0.1) is 0 Å². The third-order valence-corrected chi connectivity index (χ3v) is 3.55. The zero-order chi connectivity index (χ0) is 12.5. The molecule has 1 heterocycles. The van der Waals surface area contributed by atoms with Crippen LogP contribution < -0.4 is 4.90 Å². The van der Waals surface area contributed by atoms with Gasteiger partial charge < -0.3 is 4.90 Å². The number of amides is 1. The second-order valence-corrected chi connectivity index (χ2v) is 4.65. The monoisotopic (exact) mass is 237 g/mol. The predicted molar refractivity (Wildman–Crippen MR) is 72.8 cm³/mol. The van der Waals surface area contributed by atoms with Crippen LogP contribution in [0.15, 0.2) is 54.6 Å². The van der Waals surface area contributed by atoms with Crippen molar-refractivity contribution in [3.8, 4) is 0 Å². The first-order valence-corrected chi connectivity index (χ1v) is 6.19. The molecule has 1 aliphatic heterocycles. The fourth-order valence-electron chi connectivity index (χ4n) is 2.68. The van der Waals surface area contributed by atoms with Crippen molar-refractivity contribution >= 4 is 11.6 Å². The number of carbonyl (C=O) groups is 1. The smallest absolute Gasteiger partial charge is 0.223 e. The molecular weight excluding hydrogens is 222 g/mol. The molecular formula is C16H15NO. The van der Waals surface area contributed by atoms with E-state index in [1.807, 2.05) is 41.3 Å². The van der Waals surface area contributed by atoms with Gasteiger partial charge in [0, 0.05) is 25.1 Å². The fraction of sp³-hybridized carbons (Fsp3) is 0.188. The Morgan fingerprint density at radius 1 is 1.06 bits per heavy atom. The quantitative estimate of drug-likeness (QED) is 0.746. The van der Waals surface area contributed by atoms with Crippen LogP contribution in [0.25, 0.3) is 0 Å². The van der Waals surface area contributed by atoms with Gasteiger partial charge in [0.15, 0.2) is 0 Å². The SMILES string of the molecule is CC(=O)N1CC(c2ccccc2)c2ccccc21. The Balaban J connectivity index is 2.08. The number of carbonyl (C=O) groups excluding carboxylic acids is 1. The fourth-order valence-corrected chi connectivity index (χ4v) is 2.68. The highest BCUT2D eigenvalue weighted by atomic mass is 16.2. The van der Waals surface area contributed by atoms with Crippen LogP contribution in [-0.4, -0.2) is 12.5 Å². The number of hydrogen-bond acceptors (Lipinski definition) is 1. The average molecular weight is 237 g/mol. The number of hydrogen-bond donors (Lipinski definition) is 0. The summed E-state index contributed by atoms with van der Waals surface area (Å²) in [6, 6.07) is 18.6. The summed E-state index contributed by atoms with van der Waals surface area (Å²) in [5, 5.41) is 0. The molecule has 0 radical (unpaired) electrons. The molecule has 0 saturated heterocycles. The minimum Gasteiger partial charge on any atom is -0.311 e. The summed E-state index contributed by atoms with van der Waals surface area (Å²) in [6.07, 6.45) is 0. The maximum atomic E-state index is 11.7. The number of fused-ring (bicyclic) bond motifs is 1. The molecule has 0 aromatic heterocycles. The maximum absolute atomic E-state index is 11.7. The number of para-hydroxylation sites is 1. The summed E-state index contributed by atoms with van der Waals surface area (Å²) < 4.78 is 0. The van der Waals surface area contributed by atoms with Crippen LogP contribution in [0.4, 0.5) is 5.69 Å². The Kier molecular flexibility index (Phi) is 2.63. The molecule has 90 valence electrons. The summed E-state index contributed by atoms with van der Waals surface area (Å²) in [7, 11) is 0. The molecule has 1 aliphatic rings. The minimum absolute atomic E-state index is 0.112. The van der Waals surface area contributed by atoms with Gasteiger partial charge in [0.1, 0.15) is 0 Å². The lowest BCUT2D eigenvalue weighted by Crippen LogP contribution is -2.27. The van der Waals surface area contributed by atoms with Crippen LogP contribution in [-0.2, 0) is 4.79 Å². The third-order valence-electron chi connectivity index (χ3n) is 3.55. The molecule has 0 spiro atoms. The molecule has 1 atom stereocenters. The standard InChI is InChI=1S/C16H15NO/c1-12(18)17-11-15(13-7-3-2-4-8-13)14-9-5-6-10-16(14)17/h2-10,15H,11H2,1H3. The maximum Gasteiger partial charge on any atom is 0.223 e. The highest BCUT2D eigenvalue weighted by molar-refractivity contribution is 5.94. The van der Waals surface area contributed by atoms with Crippen LogP contribution in [0.3, 0.4) is 0 Å². The van der Waals surface area contributed by atoms with Gasteiger partial charge in [0.25, 0.3) is 0 Å². The van der Waals surface area contributed by atoms with Crippen molar-refractivity contribution in [3.63, 3.8) is 0 Å². The number of rotatable bonds is 1. The van der Waals surface area contributed by atoms with E-state index in [1.54, 1.807) is 6.92 Å². The van der Waals surface area contributed by atoms with Crippen molar-refractivity contribution in [3.05, 3.63) is 65.7 Å². The topological polar surface area (TPSA) is 20.3 Å². The van der Waals surface area contributed by atoms with Gasteiger partial charge in [-0.1, -0.05) is 48.5 Å². The summed E-state index contributed by atoms with van der Waals surface area (Å²) >= 11 is 0. The highest BCUT2D eigenvalue weighted by Gasteiger charge is 2.31. The molecule has 0 aliphatic carbocycles. The van der Waals surface area contributed by atoms with E-state index in [9.17, 15) is 4.79 Å². The van der Waals surface area contributed by atoms with E-state index in [0.717, 1.165) is 12.2 Å². The van der Waals surface area contributed by atoms with Crippen LogP contribution in [0.5, 0.6) is 0 Å². The first-order chi connectivity index (χ1) is 8.77. The van der Waals surface area contributed by atoms with Crippen molar-refractivity contribution in [2.24, 2.45) is 0 Å². The minimum atomic E-state index is 0.112. The summed E-state index contributed by atoms with van der Waals surface area (Å²) in [6.45, 7) is 2.38. The molecule has 2 nitrogen and oxygen atoms in total. The van der Waals surface area contributed by atoms with Crippen molar-refractivity contribution in [2.45, 2.75) is 12.8 Å². The summed E-state index contributed by atoms with van der Waals surface area (Å²) in [4.78, 5) is 13.6. The Bertz CT molecular complexity index is 577. The van der Waals surface area contributed by atoms with Gasteiger partial charge in [-0.15, -0.1) is 0 Å².